The van der Waals surface area contributed by atoms with Gasteiger partial charge < -0.3 is 20.5 Å². The van der Waals surface area contributed by atoms with Crippen LogP contribution in [-0.4, -0.2) is 42.9 Å². The molecule has 0 aromatic rings. The van der Waals surface area contributed by atoms with Gasteiger partial charge in [0.15, 0.2) is 0 Å². The second kappa shape index (κ2) is 8.79. The molecular formula is C14H28N2O4. The van der Waals surface area contributed by atoms with Crippen molar-refractivity contribution in [2.24, 2.45) is 11.3 Å². The van der Waals surface area contributed by atoms with Crippen LogP contribution in [0, 0.1) is 11.3 Å². The van der Waals surface area contributed by atoms with E-state index in [-0.39, 0.29) is 0 Å². The summed E-state index contributed by atoms with van der Waals surface area (Å²) in [4.78, 5) is 22.7. The molecule has 2 amide bonds. The van der Waals surface area contributed by atoms with Crippen LogP contribution in [0.2, 0.25) is 0 Å². The van der Waals surface area contributed by atoms with E-state index in [0.717, 1.165) is 0 Å². The monoisotopic (exact) mass is 288 g/mol. The Hall–Kier alpha value is -1.30. The average molecular weight is 288 g/mol. The van der Waals surface area contributed by atoms with Gasteiger partial charge in [-0.25, -0.2) is 9.59 Å². The van der Waals surface area contributed by atoms with E-state index in [0.29, 0.717) is 32.1 Å². The fraction of sp³-hybridized carbons (Fsp3) is 0.857. The van der Waals surface area contributed by atoms with Gasteiger partial charge in [0.2, 0.25) is 0 Å². The number of urea groups is 1. The van der Waals surface area contributed by atoms with Crippen LogP contribution in [-0.2, 0) is 9.53 Å². The minimum absolute atomic E-state index is 0.459. The van der Waals surface area contributed by atoms with Gasteiger partial charge >= 0.3 is 12.0 Å². The topological polar surface area (TPSA) is 87.7 Å². The van der Waals surface area contributed by atoms with E-state index < -0.39 is 23.5 Å². The number of hydrogen-bond acceptors (Lipinski definition) is 3. The minimum atomic E-state index is -1.03. The second-order valence-corrected chi connectivity index (χ2v) is 6.36. The number of amides is 2. The summed E-state index contributed by atoms with van der Waals surface area (Å²) in [5.41, 5.74) is -0.538. The quantitative estimate of drug-likeness (QED) is 0.595. The highest BCUT2D eigenvalue weighted by atomic mass is 16.5. The van der Waals surface area contributed by atoms with Gasteiger partial charge in [-0.1, -0.05) is 34.6 Å². The van der Waals surface area contributed by atoms with Gasteiger partial charge in [0, 0.05) is 19.8 Å². The standard InChI is InChI=1S/C14H28N2O4/c1-10(2)9-20-8-6-7-15-13(19)16-11(12(17)18)14(3,4)5/h10-11H,6-9H2,1-5H3,(H,17,18)(H2,15,16,19)/t11-/m1/s1. The zero-order valence-electron chi connectivity index (χ0n) is 13.2. The van der Waals surface area contributed by atoms with E-state index in [1.165, 1.54) is 0 Å². The Morgan fingerprint density at radius 2 is 1.85 bits per heavy atom. The van der Waals surface area contributed by atoms with Gasteiger partial charge in [-0.15, -0.1) is 0 Å². The number of carbonyl (C=O) groups excluding carboxylic acids is 1. The van der Waals surface area contributed by atoms with Gasteiger partial charge in [0.1, 0.15) is 6.04 Å². The van der Waals surface area contributed by atoms with Crippen molar-refractivity contribution in [3.05, 3.63) is 0 Å². The Kier molecular flexibility index (Phi) is 8.22. The first-order valence-corrected chi connectivity index (χ1v) is 6.99. The van der Waals surface area contributed by atoms with Crippen molar-refractivity contribution < 1.29 is 19.4 Å². The zero-order chi connectivity index (χ0) is 15.8. The second-order valence-electron chi connectivity index (χ2n) is 6.36. The van der Waals surface area contributed by atoms with Crippen molar-refractivity contribution in [3.8, 4) is 0 Å². The van der Waals surface area contributed by atoms with Gasteiger partial charge in [0.25, 0.3) is 0 Å². The Bertz CT molecular complexity index is 311. The zero-order valence-corrected chi connectivity index (χ0v) is 13.2. The summed E-state index contributed by atoms with van der Waals surface area (Å²) >= 11 is 0. The summed E-state index contributed by atoms with van der Waals surface area (Å²) in [7, 11) is 0. The van der Waals surface area contributed by atoms with E-state index >= 15 is 0 Å². The molecule has 0 spiro atoms. The molecule has 6 heteroatoms. The number of carboxylic acid groups (broad SMARTS) is 1. The molecule has 0 saturated heterocycles. The van der Waals surface area contributed by atoms with Crippen LogP contribution in [0.1, 0.15) is 41.0 Å². The Labute approximate surface area is 121 Å². The smallest absolute Gasteiger partial charge is 0.326 e. The predicted octanol–water partition coefficient (Wildman–Crippen LogP) is 1.85. The van der Waals surface area contributed by atoms with Crippen molar-refractivity contribution >= 4 is 12.0 Å². The van der Waals surface area contributed by atoms with Gasteiger partial charge in [-0.05, 0) is 17.8 Å². The molecule has 0 aromatic carbocycles. The average Bonchev–Trinajstić information content (AvgIpc) is 2.28. The summed E-state index contributed by atoms with van der Waals surface area (Å²) in [5, 5.41) is 14.2. The van der Waals surface area contributed by atoms with Crippen LogP contribution in [0.4, 0.5) is 4.79 Å². The molecule has 3 N–H and O–H groups in total. The molecule has 0 heterocycles. The van der Waals surface area contributed by atoms with Crippen molar-refractivity contribution in [1.29, 1.82) is 0 Å². The SMILES string of the molecule is CC(C)COCCCNC(=O)N[C@H](C(=O)O)C(C)(C)C. The lowest BCUT2D eigenvalue weighted by atomic mass is 9.87. The lowest BCUT2D eigenvalue weighted by molar-refractivity contribution is -0.141. The number of ether oxygens (including phenoxy) is 1. The maximum Gasteiger partial charge on any atom is 0.326 e. The maximum absolute atomic E-state index is 11.6. The molecule has 0 radical (unpaired) electrons. The van der Waals surface area contributed by atoms with E-state index in [1.807, 2.05) is 0 Å². The van der Waals surface area contributed by atoms with Gasteiger partial charge in [0.05, 0.1) is 0 Å². The van der Waals surface area contributed by atoms with Crippen molar-refractivity contribution in [2.45, 2.75) is 47.1 Å². The third kappa shape index (κ3) is 8.74. The molecule has 0 aliphatic rings. The first kappa shape index (κ1) is 18.7. The van der Waals surface area contributed by atoms with E-state index in [9.17, 15) is 9.59 Å². The van der Waals surface area contributed by atoms with Crippen LogP contribution >= 0.6 is 0 Å². The lowest BCUT2D eigenvalue weighted by Gasteiger charge is -2.27. The number of hydrogen-bond donors (Lipinski definition) is 3. The molecule has 0 fully saturated rings. The molecule has 1 atom stereocenters. The number of rotatable bonds is 8. The molecule has 0 aliphatic carbocycles. The highest BCUT2D eigenvalue weighted by Gasteiger charge is 2.32. The van der Waals surface area contributed by atoms with E-state index in [1.54, 1.807) is 20.8 Å². The summed E-state index contributed by atoms with van der Waals surface area (Å²) < 4.78 is 5.38. The summed E-state index contributed by atoms with van der Waals surface area (Å²) in [6.07, 6.45) is 0.702. The molecule has 0 aromatic heterocycles. The van der Waals surface area contributed by atoms with E-state index in [4.69, 9.17) is 9.84 Å². The Balaban J connectivity index is 3.90. The lowest BCUT2D eigenvalue weighted by Crippen LogP contribution is -2.52. The minimum Gasteiger partial charge on any atom is -0.480 e. The number of carboxylic acids is 1. The molecule has 0 saturated carbocycles. The predicted molar refractivity (Wildman–Crippen MR) is 77.7 cm³/mol. The Morgan fingerprint density at radius 1 is 1.25 bits per heavy atom. The first-order chi connectivity index (χ1) is 9.14. The molecule has 0 unspecified atom stereocenters. The Morgan fingerprint density at radius 3 is 2.30 bits per heavy atom. The maximum atomic E-state index is 11.6. The first-order valence-electron chi connectivity index (χ1n) is 6.99. The fourth-order valence-electron chi connectivity index (χ4n) is 1.53. The normalized spacial score (nSPS) is 13.1. The highest BCUT2D eigenvalue weighted by Crippen LogP contribution is 2.19. The largest absolute Gasteiger partial charge is 0.480 e. The molecule has 0 aliphatic heterocycles. The number of aliphatic carboxylic acids is 1. The molecule has 6 nitrogen and oxygen atoms in total. The van der Waals surface area contributed by atoms with Gasteiger partial charge in [-0.3, -0.25) is 0 Å². The third-order valence-electron chi connectivity index (χ3n) is 2.59. The third-order valence-corrected chi connectivity index (χ3v) is 2.59. The molecule has 118 valence electrons. The van der Waals surface area contributed by atoms with Crippen molar-refractivity contribution in [3.63, 3.8) is 0 Å². The molecule has 20 heavy (non-hydrogen) atoms. The van der Waals surface area contributed by atoms with Crippen LogP contribution in [0.3, 0.4) is 0 Å². The van der Waals surface area contributed by atoms with E-state index in [2.05, 4.69) is 24.5 Å². The van der Waals surface area contributed by atoms with Crippen LogP contribution in [0.15, 0.2) is 0 Å². The number of carbonyl (C=O) groups is 2. The number of nitrogens with one attached hydrogen (secondary N) is 2. The van der Waals surface area contributed by atoms with Gasteiger partial charge in [-0.2, -0.15) is 0 Å². The van der Waals surface area contributed by atoms with Crippen LogP contribution in [0.25, 0.3) is 0 Å². The summed E-state index contributed by atoms with van der Waals surface area (Å²) in [5.74, 6) is -0.540. The summed E-state index contributed by atoms with van der Waals surface area (Å²) in [6, 6.07) is -1.38. The highest BCUT2D eigenvalue weighted by molar-refractivity contribution is 5.83. The molecular weight excluding hydrogens is 260 g/mol. The van der Waals surface area contributed by atoms with Crippen LogP contribution < -0.4 is 10.6 Å². The molecule has 0 rings (SSSR count). The fourth-order valence-corrected chi connectivity index (χ4v) is 1.53. The van der Waals surface area contributed by atoms with Crippen molar-refractivity contribution in [1.82, 2.24) is 10.6 Å². The van der Waals surface area contributed by atoms with Crippen molar-refractivity contribution in [2.75, 3.05) is 19.8 Å². The summed E-state index contributed by atoms with van der Waals surface area (Å²) in [6.45, 7) is 11.2. The van der Waals surface area contributed by atoms with Crippen LogP contribution in [0.5, 0.6) is 0 Å². The molecule has 0 bridgehead atoms.